The molecule has 0 amide bonds. The lowest BCUT2D eigenvalue weighted by Crippen LogP contribution is -1.82. The Balaban J connectivity index is 2.20. The lowest BCUT2D eigenvalue weighted by atomic mass is 10.2. The van der Waals surface area contributed by atoms with Crippen molar-refractivity contribution in [2.75, 3.05) is 7.11 Å². The molecule has 0 fully saturated rings. The van der Waals surface area contributed by atoms with Crippen LogP contribution in [-0.4, -0.2) is 7.11 Å². The maximum atomic E-state index is 8.81. The van der Waals surface area contributed by atoms with Gasteiger partial charge in [0.25, 0.3) is 0 Å². The number of hydrogen-bond acceptors (Lipinski definition) is 3. The molecular weight excluding hydrogens is 310 g/mol. The molecule has 0 saturated carbocycles. The van der Waals surface area contributed by atoms with E-state index in [4.69, 9.17) is 10.00 Å². The van der Waals surface area contributed by atoms with Gasteiger partial charge in [-0.2, -0.15) is 5.26 Å². The third kappa shape index (κ3) is 3.06. The fourth-order valence-corrected chi connectivity index (χ4v) is 2.86. The van der Waals surface area contributed by atoms with Crippen LogP contribution in [0.4, 0.5) is 0 Å². The molecule has 2 aromatic carbocycles. The van der Waals surface area contributed by atoms with Gasteiger partial charge in [0.05, 0.1) is 18.7 Å². The van der Waals surface area contributed by atoms with Crippen LogP contribution >= 0.6 is 27.7 Å². The SMILES string of the molecule is COc1ccc(Sc2ccc(C#N)cc2Br)cc1. The monoisotopic (exact) mass is 319 g/mol. The number of nitriles is 1. The van der Waals surface area contributed by atoms with Crippen LogP contribution in [-0.2, 0) is 0 Å². The van der Waals surface area contributed by atoms with Crippen molar-refractivity contribution >= 4 is 27.7 Å². The molecule has 2 rings (SSSR count). The average molecular weight is 320 g/mol. The van der Waals surface area contributed by atoms with Crippen LogP contribution in [0.1, 0.15) is 5.56 Å². The van der Waals surface area contributed by atoms with E-state index in [1.165, 1.54) is 0 Å². The summed E-state index contributed by atoms with van der Waals surface area (Å²) in [7, 11) is 1.65. The number of halogens is 1. The summed E-state index contributed by atoms with van der Waals surface area (Å²) in [6.07, 6.45) is 0. The van der Waals surface area contributed by atoms with Gasteiger partial charge in [0.1, 0.15) is 5.75 Å². The van der Waals surface area contributed by atoms with Gasteiger partial charge in [-0.1, -0.05) is 11.8 Å². The Kier molecular flexibility index (Phi) is 4.29. The highest BCUT2D eigenvalue weighted by Crippen LogP contribution is 2.34. The molecule has 4 heteroatoms. The third-order valence-corrected chi connectivity index (χ3v) is 4.35. The summed E-state index contributed by atoms with van der Waals surface area (Å²) in [5.41, 5.74) is 0.654. The van der Waals surface area contributed by atoms with Crippen molar-refractivity contribution in [1.82, 2.24) is 0 Å². The summed E-state index contributed by atoms with van der Waals surface area (Å²) in [6.45, 7) is 0. The normalized spacial score (nSPS) is 9.83. The minimum absolute atomic E-state index is 0.654. The number of hydrogen-bond donors (Lipinski definition) is 0. The summed E-state index contributed by atoms with van der Waals surface area (Å²) < 4.78 is 6.05. The van der Waals surface area contributed by atoms with Crippen LogP contribution in [0.3, 0.4) is 0 Å². The quantitative estimate of drug-likeness (QED) is 0.836. The molecule has 0 atom stereocenters. The summed E-state index contributed by atoms with van der Waals surface area (Å²) in [4.78, 5) is 2.21. The molecule has 2 nitrogen and oxygen atoms in total. The highest BCUT2D eigenvalue weighted by atomic mass is 79.9. The van der Waals surface area contributed by atoms with Crippen molar-refractivity contribution in [3.63, 3.8) is 0 Å². The second-order valence-electron chi connectivity index (χ2n) is 3.53. The Bertz CT molecular complexity index is 590. The van der Waals surface area contributed by atoms with E-state index in [1.807, 2.05) is 42.5 Å². The summed E-state index contributed by atoms with van der Waals surface area (Å²) in [5, 5.41) is 8.81. The Labute approximate surface area is 119 Å². The van der Waals surface area contributed by atoms with Gasteiger partial charge in [-0.25, -0.2) is 0 Å². The summed E-state index contributed by atoms with van der Waals surface area (Å²) in [5.74, 6) is 0.846. The molecule has 0 aliphatic heterocycles. The van der Waals surface area contributed by atoms with Gasteiger partial charge >= 0.3 is 0 Å². The first-order valence-corrected chi connectivity index (χ1v) is 6.85. The zero-order valence-electron chi connectivity index (χ0n) is 9.68. The third-order valence-electron chi connectivity index (χ3n) is 2.35. The van der Waals surface area contributed by atoms with Crippen molar-refractivity contribution in [2.45, 2.75) is 9.79 Å². The lowest BCUT2D eigenvalue weighted by molar-refractivity contribution is 0.414. The minimum atomic E-state index is 0.654. The zero-order valence-corrected chi connectivity index (χ0v) is 12.1. The number of rotatable bonds is 3. The minimum Gasteiger partial charge on any atom is -0.497 e. The largest absolute Gasteiger partial charge is 0.497 e. The number of methoxy groups -OCH3 is 1. The molecule has 0 unspecified atom stereocenters. The number of benzene rings is 2. The highest BCUT2D eigenvalue weighted by molar-refractivity contribution is 9.10. The van der Waals surface area contributed by atoms with Crippen molar-refractivity contribution in [3.05, 3.63) is 52.5 Å². The highest BCUT2D eigenvalue weighted by Gasteiger charge is 2.04. The van der Waals surface area contributed by atoms with Crippen LogP contribution in [0.15, 0.2) is 56.7 Å². The van der Waals surface area contributed by atoms with Gasteiger partial charge in [-0.05, 0) is 58.4 Å². The van der Waals surface area contributed by atoms with E-state index in [1.54, 1.807) is 18.9 Å². The Morgan fingerprint density at radius 1 is 1.17 bits per heavy atom. The van der Waals surface area contributed by atoms with E-state index in [2.05, 4.69) is 22.0 Å². The second kappa shape index (κ2) is 5.94. The maximum absolute atomic E-state index is 8.81. The van der Waals surface area contributed by atoms with Crippen molar-refractivity contribution < 1.29 is 4.74 Å². The summed E-state index contributed by atoms with van der Waals surface area (Å²) >= 11 is 5.12. The van der Waals surface area contributed by atoms with Crippen molar-refractivity contribution in [2.24, 2.45) is 0 Å². The van der Waals surface area contributed by atoms with Gasteiger partial charge in [0, 0.05) is 14.3 Å². The van der Waals surface area contributed by atoms with Crippen LogP contribution < -0.4 is 4.74 Å². The molecule has 0 radical (unpaired) electrons. The van der Waals surface area contributed by atoms with Gasteiger partial charge in [-0.15, -0.1) is 0 Å². The molecule has 0 aliphatic rings. The molecule has 0 aromatic heterocycles. The fourth-order valence-electron chi connectivity index (χ4n) is 1.42. The molecule has 0 spiro atoms. The fraction of sp³-hybridized carbons (Fsp3) is 0.0714. The first-order chi connectivity index (χ1) is 8.72. The van der Waals surface area contributed by atoms with E-state index < -0.39 is 0 Å². The number of nitrogens with zero attached hydrogens (tertiary/aromatic N) is 1. The number of ether oxygens (including phenoxy) is 1. The van der Waals surface area contributed by atoms with Crippen molar-refractivity contribution in [1.29, 1.82) is 5.26 Å². The average Bonchev–Trinajstić information content (AvgIpc) is 2.42. The lowest BCUT2D eigenvalue weighted by Gasteiger charge is -2.05. The molecule has 18 heavy (non-hydrogen) atoms. The zero-order chi connectivity index (χ0) is 13.0. The Morgan fingerprint density at radius 3 is 2.44 bits per heavy atom. The standard InChI is InChI=1S/C14H10BrNOS/c1-17-11-3-5-12(6-4-11)18-14-7-2-10(9-16)8-13(14)15/h2-8H,1H3. The van der Waals surface area contributed by atoms with Crippen LogP contribution in [0.5, 0.6) is 5.75 Å². The van der Waals surface area contributed by atoms with Gasteiger partial charge in [0.15, 0.2) is 0 Å². The van der Waals surface area contributed by atoms with Gasteiger partial charge < -0.3 is 4.74 Å². The molecule has 0 saturated heterocycles. The second-order valence-corrected chi connectivity index (χ2v) is 5.50. The van der Waals surface area contributed by atoms with E-state index >= 15 is 0 Å². The van der Waals surface area contributed by atoms with Crippen LogP contribution in [0.2, 0.25) is 0 Å². The first kappa shape index (κ1) is 13.0. The van der Waals surface area contributed by atoms with E-state index in [0.717, 1.165) is 20.0 Å². The Hall–Kier alpha value is -1.44. The smallest absolute Gasteiger partial charge is 0.118 e. The molecule has 0 heterocycles. The van der Waals surface area contributed by atoms with Crippen molar-refractivity contribution in [3.8, 4) is 11.8 Å². The van der Waals surface area contributed by atoms with Crippen LogP contribution in [0, 0.1) is 11.3 Å². The molecule has 0 N–H and O–H groups in total. The van der Waals surface area contributed by atoms with E-state index in [0.29, 0.717) is 5.56 Å². The van der Waals surface area contributed by atoms with Gasteiger partial charge in [-0.3, -0.25) is 0 Å². The summed E-state index contributed by atoms with van der Waals surface area (Å²) in [6, 6.07) is 15.6. The first-order valence-electron chi connectivity index (χ1n) is 5.24. The maximum Gasteiger partial charge on any atom is 0.118 e. The van der Waals surface area contributed by atoms with Crippen LogP contribution in [0.25, 0.3) is 0 Å². The molecule has 2 aromatic rings. The topological polar surface area (TPSA) is 33.0 Å². The predicted molar refractivity (Wildman–Crippen MR) is 76.0 cm³/mol. The Morgan fingerprint density at radius 2 is 1.89 bits per heavy atom. The van der Waals surface area contributed by atoms with E-state index in [9.17, 15) is 0 Å². The molecule has 90 valence electrons. The molecule has 0 bridgehead atoms. The van der Waals surface area contributed by atoms with E-state index in [-0.39, 0.29) is 0 Å². The molecular formula is C14H10BrNOS. The predicted octanol–water partition coefficient (Wildman–Crippen LogP) is 4.48. The van der Waals surface area contributed by atoms with Gasteiger partial charge in [0.2, 0.25) is 0 Å². The molecule has 0 aliphatic carbocycles.